The van der Waals surface area contributed by atoms with Crippen LogP contribution in [0, 0.1) is 0 Å². The number of unbranched alkanes of at least 4 members (excludes halogenated alkanes) is 1. The standard InChI is InChI=1S/C24H29NO5/c1-5-7-12-25-21(19-9-8-13-30-19)20(23(27)24(25)28)22(26)16-10-11-18(29-6-2)17(14-16)15(3)4/h8-11,13-15,21,26H,5-7,12H2,1-4H3/b22-20-. The Bertz CT molecular complexity index is 943. The first kappa shape index (κ1) is 21.7. The van der Waals surface area contributed by atoms with Gasteiger partial charge >= 0.3 is 0 Å². The fraction of sp³-hybridized carbons (Fsp3) is 0.417. The normalized spacial score (nSPS) is 18.4. The number of hydrogen-bond donors (Lipinski definition) is 1. The smallest absolute Gasteiger partial charge is 0.295 e. The minimum atomic E-state index is -0.736. The topological polar surface area (TPSA) is 80.0 Å². The highest BCUT2D eigenvalue weighted by Gasteiger charge is 2.47. The molecular formula is C24H29NO5. The van der Waals surface area contributed by atoms with Crippen LogP contribution in [0.5, 0.6) is 5.75 Å². The van der Waals surface area contributed by atoms with Gasteiger partial charge in [0.05, 0.1) is 18.4 Å². The molecule has 1 unspecified atom stereocenters. The molecule has 1 aliphatic heterocycles. The molecule has 3 rings (SSSR count). The molecule has 1 aromatic heterocycles. The van der Waals surface area contributed by atoms with Crippen LogP contribution in [0.4, 0.5) is 0 Å². The van der Waals surface area contributed by atoms with Crippen LogP contribution in [0.1, 0.15) is 69.4 Å². The molecule has 6 heteroatoms. The van der Waals surface area contributed by atoms with Crippen molar-refractivity contribution >= 4 is 17.4 Å². The molecule has 1 atom stereocenters. The molecule has 1 saturated heterocycles. The number of amides is 1. The van der Waals surface area contributed by atoms with E-state index in [0.717, 1.165) is 24.2 Å². The van der Waals surface area contributed by atoms with E-state index in [2.05, 4.69) is 0 Å². The molecule has 160 valence electrons. The van der Waals surface area contributed by atoms with Crippen molar-refractivity contribution in [2.45, 2.75) is 52.5 Å². The summed E-state index contributed by atoms with van der Waals surface area (Å²) in [6, 6.07) is 8.03. The van der Waals surface area contributed by atoms with Crippen molar-refractivity contribution in [1.29, 1.82) is 0 Å². The number of furan rings is 1. The zero-order chi connectivity index (χ0) is 21.8. The van der Waals surface area contributed by atoms with Crippen molar-refractivity contribution in [2.75, 3.05) is 13.2 Å². The Hall–Kier alpha value is -3.02. The van der Waals surface area contributed by atoms with E-state index in [4.69, 9.17) is 9.15 Å². The third-order valence-corrected chi connectivity index (χ3v) is 5.31. The number of nitrogens with zero attached hydrogens (tertiary/aromatic N) is 1. The number of hydrogen-bond acceptors (Lipinski definition) is 5. The molecule has 1 amide bonds. The van der Waals surface area contributed by atoms with Gasteiger partial charge in [-0.05, 0) is 55.2 Å². The highest BCUT2D eigenvalue weighted by atomic mass is 16.5. The predicted molar refractivity (Wildman–Crippen MR) is 114 cm³/mol. The summed E-state index contributed by atoms with van der Waals surface area (Å²) in [5.74, 6) is -0.130. The van der Waals surface area contributed by atoms with E-state index < -0.39 is 17.7 Å². The van der Waals surface area contributed by atoms with Gasteiger partial charge in [0.25, 0.3) is 11.7 Å². The Labute approximate surface area is 177 Å². The molecule has 0 aliphatic carbocycles. The van der Waals surface area contributed by atoms with Gasteiger partial charge in [-0.3, -0.25) is 9.59 Å². The fourth-order valence-electron chi connectivity index (χ4n) is 3.77. The molecule has 2 heterocycles. The van der Waals surface area contributed by atoms with Crippen LogP contribution in [0.3, 0.4) is 0 Å². The number of rotatable bonds is 8. The molecular weight excluding hydrogens is 382 g/mol. The number of ether oxygens (including phenoxy) is 1. The second kappa shape index (κ2) is 9.20. The Morgan fingerprint density at radius 3 is 2.60 bits per heavy atom. The van der Waals surface area contributed by atoms with E-state index in [-0.39, 0.29) is 17.3 Å². The number of benzene rings is 1. The number of aliphatic hydroxyl groups is 1. The lowest BCUT2D eigenvalue weighted by Gasteiger charge is -2.23. The zero-order valence-electron chi connectivity index (χ0n) is 18.0. The van der Waals surface area contributed by atoms with Crippen LogP contribution in [0.25, 0.3) is 5.76 Å². The van der Waals surface area contributed by atoms with Crippen molar-refractivity contribution in [3.05, 3.63) is 59.1 Å². The van der Waals surface area contributed by atoms with Crippen molar-refractivity contribution in [1.82, 2.24) is 4.90 Å². The van der Waals surface area contributed by atoms with E-state index in [0.29, 0.717) is 24.5 Å². The lowest BCUT2D eigenvalue weighted by Crippen LogP contribution is -2.30. The maximum absolute atomic E-state index is 12.9. The van der Waals surface area contributed by atoms with Gasteiger partial charge < -0.3 is 19.2 Å². The first-order valence-corrected chi connectivity index (χ1v) is 10.5. The molecule has 0 spiro atoms. The summed E-state index contributed by atoms with van der Waals surface area (Å²) < 4.78 is 11.2. The maximum atomic E-state index is 12.9. The van der Waals surface area contributed by atoms with E-state index in [1.54, 1.807) is 24.3 Å². The first-order valence-electron chi connectivity index (χ1n) is 10.5. The molecule has 2 aromatic rings. The van der Waals surface area contributed by atoms with Crippen LogP contribution in [-0.4, -0.2) is 34.8 Å². The summed E-state index contributed by atoms with van der Waals surface area (Å²) in [7, 11) is 0. The van der Waals surface area contributed by atoms with Gasteiger partial charge in [0.15, 0.2) is 0 Å². The minimum Gasteiger partial charge on any atom is -0.507 e. The highest BCUT2D eigenvalue weighted by Crippen LogP contribution is 2.40. The number of carbonyl (C=O) groups excluding carboxylic acids is 2. The SMILES string of the molecule is CCCCN1C(=O)C(=O)/C(=C(\O)c2ccc(OCC)c(C(C)C)c2)C1c1ccco1. The zero-order valence-corrected chi connectivity index (χ0v) is 18.0. The van der Waals surface area contributed by atoms with Gasteiger partial charge in [-0.2, -0.15) is 0 Å². The van der Waals surface area contributed by atoms with Crippen molar-refractivity contribution in [3.63, 3.8) is 0 Å². The Morgan fingerprint density at radius 1 is 1.23 bits per heavy atom. The van der Waals surface area contributed by atoms with Gasteiger partial charge in [-0.15, -0.1) is 0 Å². The van der Waals surface area contributed by atoms with Crippen LogP contribution in [0.2, 0.25) is 0 Å². The molecule has 0 radical (unpaired) electrons. The first-order chi connectivity index (χ1) is 14.4. The maximum Gasteiger partial charge on any atom is 0.295 e. The van der Waals surface area contributed by atoms with Gasteiger partial charge in [0, 0.05) is 12.1 Å². The van der Waals surface area contributed by atoms with Crippen molar-refractivity contribution in [2.24, 2.45) is 0 Å². The highest BCUT2D eigenvalue weighted by molar-refractivity contribution is 6.46. The molecule has 1 fully saturated rings. The number of carbonyl (C=O) groups is 2. The van der Waals surface area contributed by atoms with Crippen LogP contribution >= 0.6 is 0 Å². The van der Waals surface area contributed by atoms with E-state index in [1.165, 1.54) is 11.2 Å². The predicted octanol–water partition coefficient (Wildman–Crippen LogP) is 5.02. The monoisotopic (exact) mass is 411 g/mol. The molecule has 0 bridgehead atoms. The number of likely N-dealkylation sites (tertiary alicyclic amines) is 1. The molecule has 6 nitrogen and oxygen atoms in total. The Morgan fingerprint density at radius 2 is 2.00 bits per heavy atom. The van der Waals surface area contributed by atoms with Gasteiger partial charge in [-0.25, -0.2) is 0 Å². The third kappa shape index (κ3) is 3.99. The average molecular weight is 411 g/mol. The molecule has 1 N–H and O–H groups in total. The molecule has 0 saturated carbocycles. The Balaban J connectivity index is 2.13. The number of Topliss-reactive ketones (excluding diaryl/α,β-unsaturated/α-hetero) is 1. The largest absolute Gasteiger partial charge is 0.507 e. The van der Waals surface area contributed by atoms with E-state index >= 15 is 0 Å². The fourth-order valence-corrected chi connectivity index (χ4v) is 3.77. The number of ketones is 1. The van der Waals surface area contributed by atoms with Crippen molar-refractivity contribution in [3.8, 4) is 5.75 Å². The van der Waals surface area contributed by atoms with Crippen molar-refractivity contribution < 1.29 is 23.8 Å². The number of aliphatic hydroxyl groups excluding tert-OH is 1. The van der Waals surface area contributed by atoms with Crippen LogP contribution in [0.15, 0.2) is 46.6 Å². The molecule has 30 heavy (non-hydrogen) atoms. The molecule has 1 aliphatic rings. The van der Waals surface area contributed by atoms with Crippen LogP contribution < -0.4 is 4.74 Å². The summed E-state index contributed by atoms with van der Waals surface area (Å²) in [5.41, 5.74) is 1.47. The summed E-state index contributed by atoms with van der Waals surface area (Å²) in [5, 5.41) is 11.1. The minimum absolute atomic E-state index is 0.0601. The average Bonchev–Trinajstić information content (AvgIpc) is 3.34. The lowest BCUT2D eigenvalue weighted by atomic mass is 9.95. The third-order valence-electron chi connectivity index (χ3n) is 5.31. The summed E-state index contributed by atoms with van der Waals surface area (Å²) >= 11 is 0. The van der Waals surface area contributed by atoms with Gasteiger partial charge in [-0.1, -0.05) is 27.2 Å². The summed E-state index contributed by atoms with van der Waals surface area (Å²) in [6.07, 6.45) is 3.14. The van der Waals surface area contributed by atoms with Gasteiger partial charge in [0.2, 0.25) is 0 Å². The Kier molecular flexibility index (Phi) is 6.65. The summed E-state index contributed by atoms with van der Waals surface area (Å²) in [4.78, 5) is 27.2. The summed E-state index contributed by atoms with van der Waals surface area (Å²) in [6.45, 7) is 8.96. The second-order valence-electron chi connectivity index (χ2n) is 7.70. The quantitative estimate of drug-likeness (QED) is 0.375. The molecule has 1 aromatic carbocycles. The lowest BCUT2D eigenvalue weighted by molar-refractivity contribution is -0.140. The van der Waals surface area contributed by atoms with Gasteiger partial charge in [0.1, 0.15) is 23.3 Å². The second-order valence-corrected chi connectivity index (χ2v) is 7.70. The van der Waals surface area contributed by atoms with Crippen LogP contribution in [-0.2, 0) is 9.59 Å². The van der Waals surface area contributed by atoms with E-state index in [1.807, 2.05) is 33.8 Å². The van der Waals surface area contributed by atoms with E-state index in [9.17, 15) is 14.7 Å².